The molecule has 128 valence electrons. The molecule has 24 heavy (non-hydrogen) atoms. The number of aryl methyl sites for hydroxylation is 1. The first kappa shape index (κ1) is 15.4. The summed E-state index contributed by atoms with van der Waals surface area (Å²) in [5, 5.41) is 4.86. The van der Waals surface area contributed by atoms with E-state index in [0.29, 0.717) is 12.4 Å². The van der Waals surface area contributed by atoms with Gasteiger partial charge in [0.2, 0.25) is 0 Å². The average Bonchev–Trinajstić information content (AvgIpc) is 3.29. The molecule has 1 unspecified atom stereocenters. The second-order valence-corrected chi connectivity index (χ2v) is 6.42. The highest BCUT2D eigenvalue weighted by molar-refractivity contribution is 5.91. The van der Waals surface area contributed by atoms with Crippen LogP contribution in [0, 0.1) is 0 Å². The van der Waals surface area contributed by atoms with Gasteiger partial charge in [0.1, 0.15) is 0 Å². The summed E-state index contributed by atoms with van der Waals surface area (Å²) in [6, 6.07) is 3.50. The first-order chi connectivity index (χ1) is 11.8. The van der Waals surface area contributed by atoms with Gasteiger partial charge < -0.3 is 14.1 Å². The van der Waals surface area contributed by atoms with Crippen molar-refractivity contribution in [1.29, 1.82) is 0 Å². The Morgan fingerprint density at radius 1 is 1.42 bits per heavy atom. The summed E-state index contributed by atoms with van der Waals surface area (Å²) >= 11 is 0. The van der Waals surface area contributed by atoms with Crippen LogP contribution < -0.4 is 0 Å². The molecule has 1 fully saturated rings. The lowest BCUT2D eigenvalue weighted by Gasteiger charge is -2.35. The lowest BCUT2D eigenvalue weighted by atomic mass is 9.95. The molecular weight excluding hydrogens is 306 g/mol. The molecule has 0 bridgehead atoms. The number of fused-ring (bicyclic) bond motifs is 1. The molecule has 2 aliphatic rings. The van der Waals surface area contributed by atoms with Gasteiger partial charge in [-0.2, -0.15) is 5.10 Å². The molecule has 0 aliphatic carbocycles. The third-order valence-corrected chi connectivity index (χ3v) is 5.04. The van der Waals surface area contributed by atoms with E-state index >= 15 is 0 Å². The third kappa shape index (κ3) is 2.55. The number of furan rings is 1. The zero-order valence-electron chi connectivity index (χ0n) is 14.0. The minimum absolute atomic E-state index is 0.0135. The van der Waals surface area contributed by atoms with Gasteiger partial charge in [-0.3, -0.25) is 9.48 Å². The summed E-state index contributed by atoms with van der Waals surface area (Å²) in [5.74, 6) is 0.364. The Morgan fingerprint density at radius 2 is 2.33 bits per heavy atom. The molecule has 4 rings (SSSR count). The second kappa shape index (κ2) is 6.43. The SMILES string of the molecule is CCn1nc(C2CCCCN2C(=O)c2ccco2)c2c1CCOC2. The van der Waals surface area contributed by atoms with Crippen LogP contribution in [0.3, 0.4) is 0 Å². The van der Waals surface area contributed by atoms with Gasteiger partial charge in [-0.05, 0) is 38.3 Å². The van der Waals surface area contributed by atoms with Crippen LogP contribution in [0.25, 0.3) is 0 Å². The van der Waals surface area contributed by atoms with Crippen LogP contribution in [-0.2, 0) is 24.3 Å². The molecule has 0 spiro atoms. The number of hydrogen-bond acceptors (Lipinski definition) is 4. The van der Waals surface area contributed by atoms with Crippen LogP contribution in [0.1, 0.15) is 59.7 Å². The van der Waals surface area contributed by atoms with E-state index in [1.807, 2.05) is 4.90 Å². The quantitative estimate of drug-likeness (QED) is 0.869. The van der Waals surface area contributed by atoms with Gasteiger partial charge in [-0.1, -0.05) is 0 Å². The molecule has 0 aromatic carbocycles. The van der Waals surface area contributed by atoms with Crippen molar-refractivity contribution in [2.75, 3.05) is 13.2 Å². The van der Waals surface area contributed by atoms with Crippen molar-refractivity contribution in [2.45, 2.75) is 51.8 Å². The number of likely N-dealkylation sites (tertiary alicyclic amines) is 1. The summed E-state index contributed by atoms with van der Waals surface area (Å²) in [4.78, 5) is 14.8. The van der Waals surface area contributed by atoms with Crippen LogP contribution in [0.4, 0.5) is 0 Å². The van der Waals surface area contributed by atoms with Gasteiger partial charge in [-0.25, -0.2) is 0 Å². The number of nitrogens with zero attached hydrogens (tertiary/aromatic N) is 3. The largest absolute Gasteiger partial charge is 0.459 e. The molecule has 6 heteroatoms. The number of carbonyl (C=O) groups is 1. The normalized spacial score (nSPS) is 20.9. The molecule has 1 amide bonds. The number of carbonyl (C=O) groups excluding carboxylic acids is 1. The highest BCUT2D eigenvalue weighted by Gasteiger charge is 2.35. The predicted octanol–water partition coefficient (Wildman–Crippen LogP) is 2.94. The zero-order chi connectivity index (χ0) is 16.5. The smallest absolute Gasteiger partial charge is 0.290 e. The topological polar surface area (TPSA) is 60.5 Å². The number of ether oxygens (including phenoxy) is 1. The molecule has 2 aromatic heterocycles. The lowest BCUT2D eigenvalue weighted by molar-refractivity contribution is 0.0564. The third-order valence-electron chi connectivity index (χ3n) is 5.04. The Bertz CT molecular complexity index is 720. The van der Waals surface area contributed by atoms with Gasteiger partial charge in [0.05, 0.1) is 31.2 Å². The fourth-order valence-corrected chi connectivity index (χ4v) is 3.86. The Hall–Kier alpha value is -2.08. The van der Waals surface area contributed by atoms with Crippen molar-refractivity contribution in [2.24, 2.45) is 0 Å². The molecule has 0 radical (unpaired) electrons. The van der Waals surface area contributed by atoms with Crippen molar-refractivity contribution in [1.82, 2.24) is 14.7 Å². The number of aromatic nitrogens is 2. The Balaban J connectivity index is 1.71. The van der Waals surface area contributed by atoms with Crippen LogP contribution in [0.2, 0.25) is 0 Å². The highest BCUT2D eigenvalue weighted by Crippen LogP contribution is 2.35. The fraction of sp³-hybridized carbons (Fsp3) is 0.556. The fourth-order valence-electron chi connectivity index (χ4n) is 3.86. The van der Waals surface area contributed by atoms with E-state index in [1.165, 1.54) is 11.3 Å². The highest BCUT2D eigenvalue weighted by atomic mass is 16.5. The maximum atomic E-state index is 12.9. The van der Waals surface area contributed by atoms with Crippen LogP contribution >= 0.6 is 0 Å². The van der Waals surface area contributed by atoms with Crippen molar-refractivity contribution in [3.8, 4) is 0 Å². The summed E-state index contributed by atoms with van der Waals surface area (Å²) < 4.78 is 13.1. The van der Waals surface area contributed by atoms with Gasteiger partial charge >= 0.3 is 0 Å². The number of amides is 1. The zero-order valence-corrected chi connectivity index (χ0v) is 14.0. The van der Waals surface area contributed by atoms with Crippen LogP contribution in [0.5, 0.6) is 0 Å². The summed E-state index contributed by atoms with van der Waals surface area (Å²) in [6.07, 6.45) is 5.53. The standard InChI is InChI=1S/C18H23N3O3/c1-2-21-14-8-11-23-12-13(14)17(19-21)15-6-3-4-9-20(15)18(22)16-7-5-10-24-16/h5,7,10,15H,2-4,6,8-9,11-12H2,1H3. The first-order valence-corrected chi connectivity index (χ1v) is 8.80. The van der Waals surface area contributed by atoms with E-state index in [0.717, 1.165) is 51.1 Å². The van der Waals surface area contributed by atoms with Crippen molar-refractivity contribution >= 4 is 5.91 Å². The molecule has 2 aliphatic heterocycles. The second-order valence-electron chi connectivity index (χ2n) is 6.42. The molecule has 0 saturated carbocycles. The van der Waals surface area contributed by atoms with E-state index in [4.69, 9.17) is 14.3 Å². The molecule has 4 heterocycles. The van der Waals surface area contributed by atoms with E-state index in [2.05, 4.69) is 11.6 Å². The maximum absolute atomic E-state index is 12.9. The maximum Gasteiger partial charge on any atom is 0.290 e. The van der Waals surface area contributed by atoms with Crippen molar-refractivity contribution < 1.29 is 13.9 Å². The van der Waals surface area contributed by atoms with Gasteiger partial charge in [0, 0.05) is 30.8 Å². The summed E-state index contributed by atoms with van der Waals surface area (Å²) in [7, 11) is 0. The first-order valence-electron chi connectivity index (χ1n) is 8.80. The van der Waals surface area contributed by atoms with E-state index in [-0.39, 0.29) is 11.9 Å². The van der Waals surface area contributed by atoms with Crippen LogP contribution in [-0.4, -0.2) is 33.7 Å². The summed E-state index contributed by atoms with van der Waals surface area (Å²) in [6.45, 7) is 5.06. The Kier molecular flexibility index (Phi) is 4.14. The monoisotopic (exact) mass is 329 g/mol. The minimum Gasteiger partial charge on any atom is -0.459 e. The Morgan fingerprint density at radius 3 is 3.12 bits per heavy atom. The Labute approximate surface area is 141 Å². The summed E-state index contributed by atoms with van der Waals surface area (Å²) in [5.41, 5.74) is 3.48. The van der Waals surface area contributed by atoms with E-state index < -0.39 is 0 Å². The number of rotatable bonds is 3. The van der Waals surface area contributed by atoms with Gasteiger partial charge in [-0.15, -0.1) is 0 Å². The van der Waals surface area contributed by atoms with E-state index in [9.17, 15) is 4.79 Å². The van der Waals surface area contributed by atoms with Gasteiger partial charge in [0.25, 0.3) is 5.91 Å². The van der Waals surface area contributed by atoms with E-state index in [1.54, 1.807) is 18.4 Å². The molecule has 1 saturated heterocycles. The average molecular weight is 329 g/mol. The van der Waals surface area contributed by atoms with Crippen molar-refractivity contribution in [3.05, 3.63) is 41.1 Å². The predicted molar refractivity (Wildman–Crippen MR) is 87.6 cm³/mol. The lowest BCUT2D eigenvalue weighted by Crippen LogP contribution is -2.39. The van der Waals surface area contributed by atoms with Crippen LogP contribution in [0.15, 0.2) is 22.8 Å². The minimum atomic E-state index is -0.0405. The molecule has 2 aromatic rings. The van der Waals surface area contributed by atoms with Gasteiger partial charge in [0.15, 0.2) is 5.76 Å². The number of hydrogen-bond donors (Lipinski definition) is 0. The molecule has 0 N–H and O–H groups in total. The molecule has 1 atom stereocenters. The number of piperidine rings is 1. The molecule has 6 nitrogen and oxygen atoms in total. The molecular formula is C18H23N3O3. The van der Waals surface area contributed by atoms with Crippen molar-refractivity contribution in [3.63, 3.8) is 0 Å².